The van der Waals surface area contributed by atoms with Crippen LogP contribution in [0, 0.1) is 17.8 Å². The fraction of sp³-hybridized carbons (Fsp3) is 0.778. The maximum atomic E-state index is 11.7. The lowest BCUT2D eigenvalue weighted by atomic mass is 9.90. The lowest BCUT2D eigenvalue weighted by Gasteiger charge is -2.20. The normalized spacial score (nSPS) is 16.3. The van der Waals surface area contributed by atoms with E-state index < -0.39 is 0 Å². The van der Waals surface area contributed by atoms with Gasteiger partial charge in [0.15, 0.2) is 6.10 Å². The SMILES string of the molecule is CC#CC(CC)OC(=O)CCCC(=O)OCC1CCCCC1. The molecule has 0 aliphatic heterocycles. The zero-order chi connectivity index (χ0) is 16.2. The molecular formula is C18H28O4. The van der Waals surface area contributed by atoms with Gasteiger partial charge in [-0.1, -0.05) is 32.1 Å². The summed E-state index contributed by atoms with van der Waals surface area (Å²) >= 11 is 0. The second-order valence-electron chi connectivity index (χ2n) is 5.82. The molecule has 4 heteroatoms. The predicted octanol–water partition coefficient (Wildman–Crippen LogP) is 3.63. The van der Waals surface area contributed by atoms with Crippen molar-refractivity contribution in [1.82, 2.24) is 0 Å². The maximum Gasteiger partial charge on any atom is 0.307 e. The van der Waals surface area contributed by atoms with Gasteiger partial charge in [-0.2, -0.15) is 0 Å². The molecular weight excluding hydrogens is 280 g/mol. The average molecular weight is 308 g/mol. The summed E-state index contributed by atoms with van der Waals surface area (Å²) in [6.07, 6.45) is 7.43. The fourth-order valence-corrected chi connectivity index (χ4v) is 2.61. The highest BCUT2D eigenvalue weighted by Crippen LogP contribution is 2.23. The van der Waals surface area contributed by atoms with Crippen molar-refractivity contribution in [3.8, 4) is 11.8 Å². The molecule has 0 aromatic heterocycles. The van der Waals surface area contributed by atoms with Crippen molar-refractivity contribution in [2.24, 2.45) is 5.92 Å². The van der Waals surface area contributed by atoms with Crippen LogP contribution >= 0.6 is 0 Å². The van der Waals surface area contributed by atoms with Gasteiger partial charge >= 0.3 is 11.9 Å². The minimum absolute atomic E-state index is 0.209. The van der Waals surface area contributed by atoms with Crippen LogP contribution in [0.1, 0.15) is 71.6 Å². The van der Waals surface area contributed by atoms with Gasteiger partial charge in [-0.25, -0.2) is 0 Å². The number of ether oxygens (including phenoxy) is 2. The van der Waals surface area contributed by atoms with E-state index in [1.807, 2.05) is 6.92 Å². The van der Waals surface area contributed by atoms with Gasteiger partial charge in [0, 0.05) is 12.8 Å². The largest absolute Gasteiger partial charge is 0.465 e. The Kier molecular flexibility index (Phi) is 9.37. The van der Waals surface area contributed by atoms with Crippen LogP contribution in [0.3, 0.4) is 0 Å². The zero-order valence-corrected chi connectivity index (χ0v) is 13.9. The molecule has 4 nitrogen and oxygen atoms in total. The fourth-order valence-electron chi connectivity index (χ4n) is 2.61. The standard InChI is InChI=1S/C18H28O4/c1-3-9-16(4-2)22-18(20)13-8-12-17(19)21-14-15-10-6-5-7-11-15/h15-16H,4-8,10-14H2,1-2H3. The summed E-state index contributed by atoms with van der Waals surface area (Å²) in [5.41, 5.74) is 0. The van der Waals surface area contributed by atoms with E-state index in [1.54, 1.807) is 6.92 Å². The molecule has 0 aromatic rings. The number of carbonyl (C=O) groups excluding carboxylic acids is 2. The van der Waals surface area contributed by atoms with Crippen molar-refractivity contribution in [2.75, 3.05) is 6.61 Å². The van der Waals surface area contributed by atoms with Crippen molar-refractivity contribution >= 4 is 11.9 Å². The second kappa shape index (κ2) is 11.1. The smallest absolute Gasteiger partial charge is 0.307 e. The Labute approximate surface area is 133 Å². The summed E-state index contributed by atoms with van der Waals surface area (Å²) in [6.45, 7) is 4.18. The van der Waals surface area contributed by atoms with Crippen LogP contribution in [-0.4, -0.2) is 24.6 Å². The van der Waals surface area contributed by atoms with Gasteiger partial charge in [0.25, 0.3) is 0 Å². The Morgan fingerprint density at radius 3 is 2.45 bits per heavy atom. The van der Waals surface area contributed by atoms with Crippen LogP contribution in [0.4, 0.5) is 0 Å². The van der Waals surface area contributed by atoms with Gasteiger partial charge in [0.05, 0.1) is 6.61 Å². The molecule has 22 heavy (non-hydrogen) atoms. The summed E-state index contributed by atoms with van der Waals surface area (Å²) in [4.78, 5) is 23.3. The molecule has 1 saturated carbocycles. The van der Waals surface area contributed by atoms with Crippen molar-refractivity contribution < 1.29 is 19.1 Å². The monoisotopic (exact) mass is 308 g/mol. The summed E-state index contributed by atoms with van der Waals surface area (Å²) < 4.78 is 10.5. The summed E-state index contributed by atoms with van der Waals surface area (Å²) in [5.74, 6) is 5.60. The highest BCUT2D eigenvalue weighted by atomic mass is 16.5. The highest BCUT2D eigenvalue weighted by Gasteiger charge is 2.16. The van der Waals surface area contributed by atoms with Crippen LogP contribution in [0.25, 0.3) is 0 Å². The number of hydrogen-bond donors (Lipinski definition) is 0. The van der Waals surface area contributed by atoms with Crippen molar-refractivity contribution in [3.05, 3.63) is 0 Å². The molecule has 1 unspecified atom stereocenters. The van der Waals surface area contributed by atoms with E-state index in [2.05, 4.69) is 11.8 Å². The van der Waals surface area contributed by atoms with E-state index in [-0.39, 0.29) is 30.9 Å². The quantitative estimate of drug-likeness (QED) is 0.507. The second-order valence-corrected chi connectivity index (χ2v) is 5.82. The predicted molar refractivity (Wildman–Crippen MR) is 85.0 cm³/mol. The van der Waals surface area contributed by atoms with Gasteiger partial charge in [-0.05, 0) is 38.5 Å². The Hall–Kier alpha value is -1.50. The lowest BCUT2D eigenvalue weighted by molar-refractivity contribution is -0.147. The van der Waals surface area contributed by atoms with Gasteiger partial charge in [-0.15, -0.1) is 5.92 Å². The Morgan fingerprint density at radius 2 is 1.82 bits per heavy atom. The van der Waals surface area contributed by atoms with E-state index in [9.17, 15) is 9.59 Å². The first-order valence-electron chi connectivity index (χ1n) is 8.43. The van der Waals surface area contributed by atoms with Crippen molar-refractivity contribution in [3.63, 3.8) is 0 Å². The summed E-state index contributed by atoms with van der Waals surface area (Å²) in [5, 5.41) is 0. The first-order chi connectivity index (χ1) is 10.7. The van der Waals surface area contributed by atoms with E-state index in [0.717, 1.165) is 12.8 Å². The van der Waals surface area contributed by atoms with E-state index in [0.29, 0.717) is 25.4 Å². The van der Waals surface area contributed by atoms with Crippen molar-refractivity contribution in [2.45, 2.75) is 77.7 Å². The highest BCUT2D eigenvalue weighted by molar-refractivity contribution is 5.72. The lowest BCUT2D eigenvalue weighted by Crippen LogP contribution is -2.18. The van der Waals surface area contributed by atoms with Gasteiger partial charge in [-0.3, -0.25) is 9.59 Å². The van der Waals surface area contributed by atoms with E-state index in [4.69, 9.17) is 9.47 Å². The molecule has 1 fully saturated rings. The van der Waals surface area contributed by atoms with Crippen LogP contribution in [0.15, 0.2) is 0 Å². The third kappa shape index (κ3) is 8.07. The van der Waals surface area contributed by atoms with Crippen molar-refractivity contribution in [1.29, 1.82) is 0 Å². The average Bonchev–Trinajstić information content (AvgIpc) is 2.53. The molecule has 0 N–H and O–H groups in total. The molecule has 0 aromatic carbocycles. The molecule has 0 saturated heterocycles. The summed E-state index contributed by atoms with van der Waals surface area (Å²) in [7, 11) is 0. The van der Waals surface area contributed by atoms with Crippen LogP contribution in [-0.2, 0) is 19.1 Å². The molecule has 0 bridgehead atoms. The molecule has 1 atom stereocenters. The third-order valence-corrected chi connectivity index (χ3v) is 3.92. The third-order valence-electron chi connectivity index (χ3n) is 3.92. The minimum Gasteiger partial charge on any atom is -0.465 e. The topological polar surface area (TPSA) is 52.6 Å². The molecule has 1 rings (SSSR count). The van der Waals surface area contributed by atoms with Gasteiger partial charge in [0.2, 0.25) is 0 Å². The van der Waals surface area contributed by atoms with Crippen LogP contribution in [0.5, 0.6) is 0 Å². The Bertz CT molecular complexity index is 399. The van der Waals surface area contributed by atoms with Gasteiger partial charge in [0.1, 0.15) is 0 Å². The van der Waals surface area contributed by atoms with E-state index in [1.165, 1.54) is 19.3 Å². The van der Waals surface area contributed by atoms with E-state index >= 15 is 0 Å². The molecule has 124 valence electrons. The first kappa shape index (κ1) is 18.5. The Morgan fingerprint density at radius 1 is 1.14 bits per heavy atom. The van der Waals surface area contributed by atoms with Crippen LogP contribution < -0.4 is 0 Å². The minimum atomic E-state index is -0.337. The first-order valence-corrected chi connectivity index (χ1v) is 8.43. The Balaban J connectivity index is 2.10. The maximum absolute atomic E-state index is 11.7. The molecule has 1 aliphatic rings. The molecule has 0 spiro atoms. The zero-order valence-electron chi connectivity index (χ0n) is 13.9. The number of esters is 2. The van der Waals surface area contributed by atoms with Gasteiger partial charge < -0.3 is 9.47 Å². The molecule has 0 radical (unpaired) electrons. The summed E-state index contributed by atoms with van der Waals surface area (Å²) in [6, 6.07) is 0. The molecule has 0 amide bonds. The van der Waals surface area contributed by atoms with Crippen LogP contribution in [0.2, 0.25) is 0 Å². The number of carbonyl (C=O) groups is 2. The number of hydrogen-bond acceptors (Lipinski definition) is 4. The molecule has 0 heterocycles. The number of rotatable bonds is 8. The molecule has 1 aliphatic carbocycles.